The molecule has 2 N–H and O–H groups in total. The number of nitrogens with two attached hydrogens (primary N) is 1. The second kappa shape index (κ2) is 9.46. The number of fused-ring (bicyclic) bond motifs is 1. The predicted octanol–water partition coefficient (Wildman–Crippen LogP) is 3.34. The third-order valence-electron chi connectivity index (χ3n) is 5.44. The summed E-state index contributed by atoms with van der Waals surface area (Å²) < 4.78 is 28.8. The highest BCUT2D eigenvalue weighted by Crippen LogP contribution is 2.43. The van der Waals surface area contributed by atoms with Crippen molar-refractivity contribution in [3.8, 4) is 0 Å². The van der Waals surface area contributed by atoms with Crippen LogP contribution in [0.3, 0.4) is 0 Å². The lowest BCUT2D eigenvalue weighted by atomic mass is 10.1. The van der Waals surface area contributed by atoms with Crippen molar-refractivity contribution in [3.63, 3.8) is 0 Å². The van der Waals surface area contributed by atoms with E-state index in [2.05, 4.69) is 0 Å². The zero-order chi connectivity index (χ0) is 22.9. The Labute approximate surface area is 196 Å². The Bertz CT molecular complexity index is 1130. The lowest BCUT2D eigenvalue weighted by molar-refractivity contribution is -0.122. The van der Waals surface area contributed by atoms with E-state index in [4.69, 9.17) is 9.88 Å². The average molecular weight is 493 g/mol. The molecule has 10 heteroatoms. The summed E-state index contributed by atoms with van der Waals surface area (Å²) in [6.07, 6.45) is 1.72. The summed E-state index contributed by atoms with van der Waals surface area (Å²) in [6, 6.07) is 11.6. The normalized spacial score (nSPS) is 18.9. The Morgan fingerprint density at radius 1 is 1.12 bits per heavy atom. The summed E-state index contributed by atoms with van der Waals surface area (Å²) in [7, 11) is -3.82. The molecule has 2 aromatic rings. The van der Waals surface area contributed by atoms with Crippen molar-refractivity contribution in [2.24, 2.45) is 5.14 Å². The highest BCUT2D eigenvalue weighted by atomic mass is 32.2. The molecule has 1 fully saturated rings. The molecule has 4 rings (SSSR count). The van der Waals surface area contributed by atoms with Gasteiger partial charge in [0.05, 0.1) is 15.0 Å². The maximum absolute atomic E-state index is 12.8. The predicted molar refractivity (Wildman–Crippen MR) is 127 cm³/mol. The van der Waals surface area contributed by atoms with Crippen LogP contribution in [0, 0.1) is 0 Å². The fourth-order valence-electron chi connectivity index (χ4n) is 3.90. The fourth-order valence-corrected chi connectivity index (χ4v) is 7.36. The van der Waals surface area contributed by atoms with Crippen molar-refractivity contribution in [2.45, 2.75) is 35.3 Å². The average Bonchev–Trinajstić information content (AvgIpc) is 3.12. The van der Waals surface area contributed by atoms with Crippen molar-refractivity contribution < 1.29 is 22.7 Å². The lowest BCUT2D eigenvalue weighted by Crippen LogP contribution is -2.38. The number of thioether (sulfide) groups is 2. The second-order valence-electron chi connectivity index (χ2n) is 7.78. The van der Waals surface area contributed by atoms with E-state index in [9.17, 15) is 18.0 Å². The summed E-state index contributed by atoms with van der Waals surface area (Å²) in [5.41, 5.74) is 2.91. The number of ether oxygens (including phenoxy) is 1. The van der Waals surface area contributed by atoms with Gasteiger partial charge in [-0.1, -0.05) is 12.1 Å². The van der Waals surface area contributed by atoms with Crippen LogP contribution in [-0.2, 0) is 26.0 Å². The summed E-state index contributed by atoms with van der Waals surface area (Å²) >= 11 is 3.82. The van der Waals surface area contributed by atoms with E-state index in [-0.39, 0.29) is 16.8 Å². The minimum atomic E-state index is -3.82. The number of hydrogen-bond donors (Lipinski definition) is 1. The van der Waals surface area contributed by atoms with Crippen LogP contribution < -0.4 is 10.0 Å². The van der Waals surface area contributed by atoms with Crippen LogP contribution >= 0.6 is 23.5 Å². The third-order valence-corrected chi connectivity index (χ3v) is 9.36. The van der Waals surface area contributed by atoms with Crippen LogP contribution in [-0.4, -0.2) is 44.4 Å². The maximum Gasteiger partial charge on any atom is 0.338 e. The Kier molecular flexibility index (Phi) is 6.85. The van der Waals surface area contributed by atoms with E-state index >= 15 is 0 Å². The molecule has 1 saturated heterocycles. The van der Waals surface area contributed by atoms with Gasteiger partial charge in [0.2, 0.25) is 10.0 Å². The van der Waals surface area contributed by atoms with Gasteiger partial charge >= 0.3 is 5.97 Å². The molecule has 1 atom stereocenters. The highest BCUT2D eigenvalue weighted by Gasteiger charge is 2.32. The summed E-state index contributed by atoms with van der Waals surface area (Å²) in [5.74, 6) is 1.38. The van der Waals surface area contributed by atoms with Gasteiger partial charge in [0.25, 0.3) is 5.91 Å². The molecule has 0 spiro atoms. The molecule has 170 valence electrons. The van der Waals surface area contributed by atoms with Crippen molar-refractivity contribution >= 4 is 51.1 Å². The smallest absolute Gasteiger partial charge is 0.338 e. The van der Waals surface area contributed by atoms with Gasteiger partial charge in [-0.15, -0.1) is 23.5 Å². The van der Waals surface area contributed by atoms with Crippen molar-refractivity contribution in [2.75, 3.05) is 23.0 Å². The number of carbonyl (C=O) groups is 2. The lowest BCUT2D eigenvalue weighted by Gasteiger charge is -2.22. The molecular formula is C22H24N2O5S3. The first kappa shape index (κ1) is 23.2. The van der Waals surface area contributed by atoms with Crippen molar-refractivity contribution in [1.82, 2.24) is 0 Å². The number of sulfonamides is 1. The first-order chi connectivity index (χ1) is 15.2. The number of anilines is 1. The topological polar surface area (TPSA) is 107 Å². The van der Waals surface area contributed by atoms with E-state index in [1.54, 1.807) is 18.2 Å². The molecule has 0 saturated carbocycles. The molecule has 2 aliphatic heterocycles. The van der Waals surface area contributed by atoms with E-state index < -0.39 is 22.6 Å². The van der Waals surface area contributed by atoms with Gasteiger partial charge in [0, 0.05) is 11.7 Å². The standard InChI is InChI=1S/C22H24N2O5S3/c1-14-11-17-12-18(32(23,27)28)7-8-19(17)24(14)20(25)13-29-21(26)15-3-5-16(6-4-15)22-30-9-2-10-31-22/h3-8,12,14,22H,2,9-11,13H2,1H3,(H2,23,27,28). The molecule has 0 aromatic heterocycles. The molecule has 2 aliphatic rings. The van der Waals surface area contributed by atoms with Gasteiger partial charge in [-0.3, -0.25) is 4.79 Å². The monoisotopic (exact) mass is 492 g/mol. The minimum Gasteiger partial charge on any atom is -0.452 e. The quantitative estimate of drug-likeness (QED) is 0.638. The second-order valence-corrected chi connectivity index (χ2v) is 12.1. The number of benzene rings is 2. The first-order valence-electron chi connectivity index (χ1n) is 10.2. The van der Waals surface area contributed by atoms with Crippen LogP contribution in [0.25, 0.3) is 0 Å². The maximum atomic E-state index is 12.8. The molecule has 7 nitrogen and oxygen atoms in total. The molecule has 1 unspecified atom stereocenters. The Morgan fingerprint density at radius 2 is 1.81 bits per heavy atom. The van der Waals surface area contributed by atoms with Gasteiger partial charge < -0.3 is 9.64 Å². The number of rotatable bonds is 5. The number of carbonyl (C=O) groups excluding carboxylic acids is 2. The zero-order valence-electron chi connectivity index (χ0n) is 17.5. The van der Waals surface area contributed by atoms with Gasteiger partial charge in [-0.2, -0.15) is 0 Å². The van der Waals surface area contributed by atoms with Crippen molar-refractivity contribution in [3.05, 3.63) is 59.2 Å². The van der Waals surface area contributed by atoms with Gasteiger partial charge in [0.15, 0.2) is 6.61 Å². The van der Waals surface area contributed by atoms with Crippen molar-refractivity contribution in [1.29, 1.82) is 0 Å². The number of amides is 1. The third kappa shape index (κ3) is 4.98. The Morgan fingerprint density at radius 3 is 2.47 bits per heavy atom. The van der Waals surface area contributed by atoms with Crippen LogP contribution in [0.1, 0.15) is 39.4 Å². The summed E-state index contributed by atoms with van der Waals surface area (Å²) in [5, 5.41) is 5.20. The molecule has 1 amide bonds. The first-order valence-corrected chi connectivity index (χ1v) is 13.9. The Hall–Kier alpha value is -2.01. The minimum absolute atomic E-state index is 0.0117. The SMILES string of the molecule is CC1Cc2cc(S(N)(=O)=O)ccc2N1C(=O)COC(=O)c1ccc(C2SCCCS2)cc1. The summed E-state index contributed by atoms with van der Waals surface area (Å²) in [4.78, 5) is 26.8. The summed E-state index contributed by atoms with van der Waals surface area (Å²) in [6.45, 7) is 1.46. The van der Waals surface area contributed by atoms with Crippen LogP contribution in [0.15, 0.2) is 47.4 Å². The molecule has 2 aromatic carbocycles. The number of hydrogen-bond acceptors (Lipinski definition) is 7. The largest absolute Gasteiger partial charge is 0.452 e. The highest BCUT2D eigenvalue weighted by molar-refractivity contribution is 8.16. The van der Waals surface area contributed by atoms with Crippen LogP contribution in [0.4, 0.5) is 5.69 Å². The molecule has 32 heavy (non-hydrogen) atoms. The fraction of sp³-hybridized carbons (Fsp3) is 0.364. The number of primary sulfonamides is 1. The Balaban J connectivity index is 1.39. The molecule has 0 aliphatic carbocycles. The van der Waals surface area contributed by atoms with Gasteiger partial charge in [0.1, 0.15) is 0 Å². The van der Waals surface area contributed by atoms with Crippen LogP contribution in [0.2, 0.25) is 0 Å². The molecule has 2 heterocycles. The van der Waals surface area contributed by atoms with E-state index in [1.807, 2.05) is 42.6 Å². The molecule has 0 bridgehead atoms. The zero-order valence-corrected chi connectivity index (χ0v) is 20.0. The van der Waals surface area contributed by atoms with E-state index in [0.29, 0.717) is 22.3 Å². The van der Waals surface area contributed by atoms with Gasteiger partial charge in [-0.25, -0.2) is 18.4 Å². The molecular weight excluding hydrogens is 468 g/mol. The van der Waals surface area contributed by atoms with Crippen LogP contribution in [0.5, 0.6) is 0 Å². The van der Waals surface area contributed by atoms with E-state index in [0.717, 1.165) is 17.1 Å². The van der Waals surface area contributed by atoms with E-state index in [1.165, 1.54) is 29.0 Å². The number of nitrogens with zero attached hydrogens (tertiary/aromatic N) is 1. The molecule has 0 radical (unpaired) electrons. The van der Waals surface area contributed by atoms with Gasteiger partial charge in [-0.05, 0) is 72.7 Å². The number of esters is 1.